The number of amides is 3. The molecule has 0 bridgehead atoms. The van der Waals surface area contributed by atoms with Crippen LogP contribution in [0.3, 0.4) is 0 Å². The van der Waals surface area contributed by atoms with Crippen LogP contribution in [0.4, 0.5) is 4.79 Å². The Morgan fingerprint density at radius 2 is 2.08 bits per heavy atom. The topological polar surface area (TPSA) is 105 Å². The van der Waals surface area contributed by atoms with E-state index < -0.39 is 27.8 Å². The molecule has 26 heavy (non-hydrogen) atoms. The molecule has 2 N–H and O–H groups in total. The number of hydrogen-bond acceptors (Lipinski definition) is 6. The molecule has 1 aromatic carbocycles. The van der Waals surface area contributed by atoms with Crippen LogP contribution in [0.25, 0.3) is 10.9 Å². The van der Waals surface area contributed by atoms with Crippen LogP contribution in [0, 0.1) is 6.92 Å². The third kappa shape index (κ3) is 4.73. The summed E-state index contributed by atoms with van der Waals surface area (Å²) in [4.78, 5) is 28.2. The highest BCUT2D eigenvalue weighted by Gasteiger charge is 2.29. The average molecular weight is 393 g/mol. The van der Waals surface area contributed by atoms with Gasteiger partial charge in [0.05, 0.1) is 27.8 Å². The molecule has 1 aliphatic rings. The Labute approximate surface area is 155 Å². The fourth-order valence-electron chi connectivity index (χ4n) is 2.83. The zero-order valence-corrected chi connectivity index (χ0v) is 15.8. The van der Waals surface area contributed by atoms with Crippen LogP contribution in [0.2, 0.25) is 0 Å². The summed E-state index contributed by atoms with van der Waals surface area (Å²) in [5.74, 6) is -0.430. The van der Waals surface area contributed by atoms with Crippen molar-refractivity contribution < 1.29 is 18.0 Å². The maximum Gasteiger partial charge on any atom is 0.321 e. The fourth-order valence-corrected chi connectivity index (χ4v) is 5.27. The van der Waals surface area contributed by atoms with E-state index in [-0.39, 0.29) is 17.3 Å². The molecule has 9 heteroatoms. The van der Waals surface area contributed by atoms with Crippen LogP contribution in [0.5, 0.6) is 0 Å². The van der Waals surface area contributed by atoms with Crippen molar-refractivity contribution in [1.82, 2.24) is 15.6 Å². The first-order valence-electron chi connectivity index (χ1n) is 8.12. The summed E-state index contributed by atoms with van der Waals surface area (Å²) in [6.45, 7) is 1.98. The third-order valence-corrected chi connectivity index (χ3v) is 6.75. The number of sulfone groups is 1. The van der Waals surface area contributed by atoms with Crippen molar-refractivity contribution in [2.75, 3.05) is 17.3 Å². The molecule has 3 rings (SSSR count). The van der Waals surface area contributed by atoms with Gasteiger partial charge in [0.15, 0.2) is 9.84 Å². The molecule has 7 nitrogen and oxygen atoms in total. The molecule has 1 atom stereocenters. The highest BCUT2D eigenvalue weighted by atomic mass is 32.2. The summed E-state index contributed by atoms with van der Waals surface area (Å²) in [6, 6.07) is 8.56. The Bertz CT molecular complexity index is 960. The first kappa shape index (κ1) is 18.7. The van der Waals surface area contributed by atoms with E-state index in [0.29, 0.717) is 11.4 Å². The normalized spacial score (nSPS) is 18.6. The number of aromatic nitrogens is 1. The molecule has 1 aliphatic heterocycles. The number of para-hydroxylation sites is 1. The Hall–Kier alpha value is -2.13. The highest BCUT2D eigenvalue weighted by Crippen LogP contribution is 2.23. The molecular weight excluding hydrogens is 374 g/mol. The molecule has 2 heterocycles. The maximum atomic E-state index is 11.9. The molecule has 0 radical (unpaired) electrons. The van der Waals surface area contributed by atoms with Crippen molar-refractivity contribution in [3.63, 3.8) is 0 Å². The van der Waals surface area contributed by atoms with Crippen LogP contribution in [0.15, 0.2) is 35.4 Å². The number of imide groups is 1. The highest BCUT2D eigenvalue weighted by molar-refractivity contribution is 7.99. The van der Waals surface area contributed by atoms with Gasteiger partial charge in [0.25, 0.3) is 0 Å². The monoisotopic (exact) mass is 393 g/mol. The molecular formula is C17H19N3O4S2. The minimum atomic E-state index is -3.08. The lowest BCUT2D eigenvalue weighted by Crippen LogP contribution is -2.45. The molecule has 0 unspecified atom stereocenters. The van der Waals surface area contributed by atoms with Gasteiger partial charge in [-0.2, -0.15) is 0 Å². The van der Waals surface area contributed by atoms with E-state index in [2.05, 4.69) is 15.6 Å². The summed E-state index contributed by atoms with van der Waals surface area (Å²) in [5, 5.41) is 6.52. The molecule has 0 aliphatic carbocycles. The summed E-state index contributed by atoms with van der Waals surface area (Å²) >= 11 is 1.24. The molecule has 3 amide bonds. The van der Waals surface area contributed by atoms with Gasteiger partial charge in [0, 0.05) is 11.4 Å². The van der Waals surface area contributed by atoms with Crippen molar-refractivity contribution in [1.29, 1.82) is 0 Å². The Morgan fingerprint density at radius 1 is 1.31 bits per heavy atom. The van der Waals surface area contributed by atoms with Gasteiger partial charge >= 0.3 is 6.03 Å². The summed E-state index contributed by atoms with van der Waals surface area (Å²) in [5.41, 5.74) is 1.93. The summed E-state index contributed by atoms with van der Waals surface area (Å²) in [6.07, 6.45) is 0.374. The second kappa shape index (κ2) is 7.63. The number of urea groups is 1. The largest absolute Gasteiger partial charge is 0.334 e. The van der Waals surface area contributed by atoms with Gasteiger partial charge in [-0.15, -0.1) is 0 Å². The van der Waals surface area contributed by atoms with Gasteiger partial charge < -0.3 is 5.32 Å². The first-order chi connectivity index (χ1) is 12.3. The van der Waals surface area contributed by atoms with E-state index >= 15 is 0 Å². The van der Waals surface area contributed by atoms with Crippen LogP contribution < -0.4 is 10.6 Å². The summed E-state index contributed by atoms with van der Waals surface area (Å²) < 4.78 is 22.8. The minimum absolute atomic E-state index is 0.0428. The molecule has 2 aromatic rings. The lowest BCUT2D eigenvalue weighted by Gasteiger charge is -2.11. The van der Waals surface area contributed by atoms with E-state index in [1.165, 1.54) is 11.8 Å². The van der Waals surface area contributed by atoms with E-state index in [0.717, 1.165) is 16.5 Å². The van der Waals surface area contributed by atoms with Gasteiger partial charge in [-0.3, -0.25) is 10.1 Å². The number of nitrogens with one attached hydrogen (secondary N) is 2. The smallest absolute Gasteiger partial charge is 0.321 e. The SMILES string of the molecule is Cc1cc(SCC(=O)NC(=O)N[C@H]2CCS(=O)(=O)C2)nc2ccccc12. The van der Waals surface area contributed by atoms with E-state index in [9.17, 15) is 18.0 Å². The number of aryl methyl sites for hydroxylation is 1. The molecule has 1 aromatic heterocycles. The summed E-state index contributed by atoms with van der Waals surface area (Å²) in [7, 11) is -3.08. The number of thioether (sulfide) groups is 1. The second-order valence-electron chi connectivity index (χ2n) is 6.20. The number of carbonyl (C=O) groups is 2. The van der Waals surface area contributed by atoms with E-state index in [1.54, 1.807) is 0 Å². The van der Waals surface area contributed by atoms with E-state index in [4.69, 9.17) is 0 Å². The van der Waals surface area contributed by atoms with Crippen LogP contribution in [-0.2, 0) is 14.6 Å². The zero-order valence-electron chi connectivity index (χ0n) is 14.2. The minimum Gasteiger partial charge on any atom is -0.334 e. The third-order valence-electron chi connectivity index (χ3n) is 4.07. The van der Waals surface area contributed by atoms with Crippen LogP contribution in [0.1, 0.15) is 12.0 Å². The Morgan fingerprint density at radius 3 is 2.81 bits per heavy atom. The fraction of sp³-hybridized carbons (Fsp3) is 0.353. The number of pyridine rings is 1. The predicted molar refractivity (Wildman–Crippen MR) is 101 cm³/mol. The predicted octanol–water partition coefficient (Wildman–Crippen LogP) is 1.65. The maximum absolute atomic E-state index is 11.9. The van der Waals surface area contributed by atoms with Crippen molar-refractivity contribution in [3.8, 4) is 0 Å². The molecule has 1 fully saturated rings. The number of carbonyl (C=O) groups excluding carboxylic acids is 2. The van der Waals surface area contributed by atoms with Gasteiger partial charge in [-0.1, -0.05) is 30.0 Å². The molecule has 0 saturated carbocycles. The van der Waals surface area contributed by atoms with E-state index in [1.807, 2.05) is 37.3 Å². The Balaban J connectivity index is 1.52. The Kier molecular flexibility index (Phi) is 5.47. The first-order valence-corrected chi connectivity index (χ1v) is 10.9. The average Bonchev–Trinajstić information content (AvgIpc) is 2.91. The number of hydrogen-bond donors (Lipinski definition) is 2. The zero-order chi connectivity index (χ0) is 18.7. The number of benzene rings is 1. The van der Waals surface area contributed by atoms with Crippen molar-refractivity contribution >= 4 is 44.4 Å². The molecule has 1 saturated heterocycles. The van der Waals surface area contributed by atoms with Gasteiger partial charge in [0.2, 0.25) is 5.91 Å². The van der Waals surface area contributed by atoms with Gasteiger partial charge in [-0.05, 0) is 31.0 Å². The molecule has 0 spiro atoms. The lowest BCUT2D eigenvalue weighted by atomic mass is 10.1. The van der Waals surface area contributed by atoms with Crippen molar-refractivity contribution in [2.45, 2.75) is 24.4 Å². The standard InChI is InChI=1S/C17H19N3O4S2/c1-11-8-16(19-14-5-3-2-4-13(11)14)25-9-15(21)20-17(22)18-12-6-7-26(23,24)10-12/h2-5,8,12H,6-7,9-10H2,1H3,(H2,18,20,21,22)/t12-/m0/s1. The van der Waals surface area contributed by atoms with Crippen LogP contribution in [-0.4, -0.2) is 48.6 Å². The number of nitrogens with zero attached hydrogens (tertiary/aromatic N) is 1. The van der Waals surface area contributed by atoms with Gasteiger partial charge in [-0.25, -0.2) is 18.2 Å². The lowest BCUT2D eigenvalue weighted by molar-refractivity contribution is -0.117. The quantitative estimate of drug-likeness (QED) is 0.765. The van der Waals surface area contributed by atoms with Crippen molar-refractivity contribution in [3.05, 3.63) is 35.9 Å². The van der Waals surface area contributed by atoms with Gasteiger partial charge in [0.1, 0.15) is 0 Å². The van der Waals surface area contributed by atoms with Crippen LogP contribution >= 0.6 is 11.8 Å². The number of rotatable bonds is 4. The van der Waals surface area contributed by atoms with Crippen molar-refractivity contribution in [2.24, 2.45) is 0 Å². The molecule has 138 valence electrons. The second-order valence-corrected chi connectivity index (χ2v) is 9.43. The number of fused-ring (bicyclic) bond motifs is 1.